The number of nitrogens with one attached hydrogen (secondary N) is 2. The van der Waals surface area contributed by atoms with E-state index in [0.29, 0.717) is 21.8 Å². The van der Waals surface area contributed by atoms with Gasteiger partial charge in [0.1, 0.15) is 5.70 Å². The molecule has 0 fully saturated rings. The molecule has 178 valence electrons. The third-order valence-electron chi connectivity index (χ3n) is 5.13. The number of hydrogen-bond donors (Lipinski definition) is 2. The molecule has 2 N–H and O–H groups in total. The van der Waals surface area contributed by atoms with Crippen LogP contribution in [0.5, 0.6) is 0 Å². The Hall–Kier alpha value is -4.26. The van der Waals surface area contributed by atoms with Gasteiger partial charge in [0.15, 0.2) is 5.78 Å². The molecule has 0 aliphatic carbocycles. The molecule has 0 saturated carbocycles. The molecule has 1 aromatic heterocycles. The lowest BCUT2D eigenvalue weighted by molar-refractivity contribution is -0.113. The van der Waals surface area contributed by atoms with Gasteiger partial charge in [-0.15, -0.1) is 0 Å². The van der Waals surface area contributed by atoms with Crippen molar-refractivity contribution in [1.82, 2.24) is 5.32 Å². The quantitative estimate of drug-likeness (QED) is 0.203. The van der Waals surface area contributed by atoms with Gasteiger partial charge in [0.25, 0.3) is 11.8 Å². The zero-order chi connectivity index (χ0) is 25.3. The molecule has 0 unspecified atom stereocenters. The Bertz CT molecular complexity index is 1430. The molecule has 3 aromatic carbocycles. The van der Waals surface area contributed by atoms with Gasteiger partial charge in [0.2, 0.25) is 0 Å². The van der Waals surface area contributed by atoms with E-state index in [4.69, 9.17) is 11.6 Å². The van der Waals surface area contributed by atoms with Crippen molar-refractivity contribution < 1.29 is 14.4 Å². The lowest BCUT2D eigenvalue weighted by Gasteiger charge is -2.11. The molecular formula is C29H21ClN2O3S. The first kappa shape index (κ1) is 24.9. The minimum Gasteiger partial charge on any atom is -0.321 e. The highest BCUT2D eigenvalue weighted by Crippen LogP contribution is 2.18. The van der Waals surface area contributed by atoms with E-state index in [0.717, 1.165) is 11.1 Å². The van der Waals surface area contributed by atoms with Crippen LogP contribution in [0, 0.1) is 0 Å². The average molecular weight is 513 g/mol. The summed E-state index contributed by atoms with van der Waals surface area (Å²) in [6, 6.07) is 24.3. The first-order valence-corrected chi connectivity index (χ1v) is 12.3. The van der Waals surface area contributed by atoms with Crippen molar-refractivity contribution in [2.24, 2.45) is 0 Å². The van der Waals surface area contributed by atoms with Crippen LogP contribution in [-0.4, -0.2) is 17.6 Å². The SMILES string of the molecule is O=C(Nc1ccc(C(=O)/C=C/c2ccccc2Cl)cc1)/C(=C/c1ccsc1)NC(=O)c1ccccc1. The second-order valence-corrected chi connectivity index (χ2v) is 8.87. The summed E-state index contributed by atoms with van der Waals surface area (Å²) in [5.74, 6) is -1.07. The van der Waals surface area contributed by atoms with Crippen molar-refractivity contribution in [3.8, 4) is 0 Å². The molecule has 0 radical (unpaired) electrons. The maximum atomic E-state index is 13.0. The van der Waals surface area contributed by atoms with Gasteiger partial charge >= 0.3 is 0 Å². The number of amides is 2. The van der Waals surface area contributed by atoms with E-state index in [9.17, 15) is 14.4 Å². The van der Waals surface area contributed by atoms with E-state index >= 15 is 0 Å². The number of anilines is 1. The van der Waals surface area contributed by atoms with Crippen LogP contribution in [-0.2, 0) is 4.79 Å². The summed E-state index contributed by atoms with van der Waals surface area (Å²) < 4.78 is 0. The fraction of sp³-hybridized carbons (Fsp3) is 0. The molecule has 0 spiro atoms. The normalized spacial score (nSPS) is 11.3. The summed E-state index contributed by atoms with van der Waals surface area (Å²) in [6.07, 6.45) is 4.73. The minimum absolute atomic E-state index is 0.102. The Morgan fingerprint density at radius 2 is 1.53 bits per heavy atom. The van der Waals surface area contributed by atoms with Gasteiger partial charge in [0, 0.05) is 21.8 Å². The topological polar surface area (TPSA) is 75.3 Å². The van der Waals surface area contributed by atoms with Gasteiger partial charge < -0.3 is 10.6 Å². The molecule has 4 rings (SSSR count). The zero-order valence-corrected chi connectivity index (χ0v) is 20.6. The lowest BCUT2D eigenvalue weighted by Crippen LogP contribution is -2.30. The Morgan fingerprint density at radius 1 is 0.806 bits per heavy atom. The van der Waals surface area contributed by atoms with Crippen molar-refractivity contribution >= 4 is 58.4 Å². The van der Waals surface area contributed by atoms with Crippen molar-refractivity contribution in [2.75, 3.05) is 5.32 Å². The van der Waals surface area contributed by atoms with Gasteiger partial charge in [0.05, 0.1) is 0 Å². The predicted molar refractivity (Wildman–Crippen MR) is 146 cm³/mol. The van der Waals surface area contributed by atoms with Crippen molar-refractivity contribution in [2.45, 2.75) is 0 Å². The Kier molecular flexibility index (Phi) is 8.24. The minimum atomic E-state index is -0.483. The van der Waals surface area contributed by atoms with E-state index in [2.05, 4.69) is 10.6 Å². The maximum Gasteiger partial charge on any atom is 0.272 e. The third-order valence-corrected chi connectivity index (χ3v) is 6.18. The smallest absolute Gasteiger partial charge is 0.272 e. The van der Waals surface area contributed by atoms with Gasteiger partial charge in [-0.3, -0.25) is 14.4 Å². The molecule has 2 amide bonds. The number of carbonyl (C=O) groups is 3. The van der Waals surface area contributed by atoms with Crippen LogP contribution in [0.15, 0.2) is 107 Å². The largest absolute Gasteiger partial charge is 0.321 e. The Balaban J connectivity index is 1.46. The van der Waals surface area contributed by atoms with Crippen LogP contribution in [0.25, 0.3) is 12.2 Å². The van der Waals surface area contributed by atoms with Gasteiger partial charge in [-0.1, -0.05) is 48.0 Å². The van der Waals surface area contributed by atoms with Crippen molar-refractivity contribution in [3.63, 3.8) is 0 Å². The molecule has 0 atom stereocenters. The standard InChI is InChI=1S/C29H21ClN2O3S/c30-25-9-5-4-6-21(25)12-15-27(33)22-10-13-24(14-11-22)31-29(35)26(18-20-16-17-36-19-20)32-28(34)23-7-2-1-3-8-23/h1-19H,(H,31,35)(H,32,34)/b15-12+,26-18-. The van der Waals surface area contributed by atoms with Gasteiger partial charge in [-0.2, -0.15) is 11.3 Å². The molecule has 0 aliphatic heterocycles. The number of carbonyl (C=O) groups excluding carboxylic acids is 3. The molecule has 36 heavy (non-hydrogen) atoms. The molecular weight excluding hydrogens is 492 g/mol. The highest BCUT2D eigenvalue weighted by Gasteiger charge is 2.15. The summed E-state index contributed by atoms with van der Waals surface area (Å²) in [4.78, 5) is 38.2. The monoisotopic (exact) mass is 512 g/mol. The number of thiophene rings is 1. The van der Waals surface area contributed by atoms with E-state index in [1.807, 2.05) is 41.1 Å². The van der Waals surface area contributed by atoms with Gasteiger partial charge in [-0.25, -0.2) is 0 Å². The number of rotatable bonds is 8. The van der Waals surface area contributed by atoms with Crippen molar-refractivity contribution in [1.29, 1.82) is 0 Å². The van der Waals surface area contributed by atoms with E-state index < -0.39 is 11.8 Å². The first-order chi connectivity index (χ1) is 17.5. The molecule has 4 aromatic rings. The van der Waals surface area contributed by atoms with Crippen LogP contribution in [0.3, 0.4) is 0 Å². The average Bonchev–Trinajstić information content (AvgIpc) is 3.42. The number of ketones is 1. The lowest BCUT2D eigenvalue weighted by atomic mass is 10.1. The van der Waals surface area contributed by atoms with Crippen LogP contribution >= 0.6 is 22.9 Å². The molecule has 0 saturated heterocycles. The van der Waals surface area contributed by atoms with Crippen LogP contribution < -0.4 is 10.6 Å². The highest BCUT2D eigenvalue weighted by molar-refractivity contribution is 7.08. The number of halogens is 1. The summed E-state index contributed by atoms with van der Waals surface area (Å²) in [7, 11) is 0. The first-order valence-electron chi connectivity index (χ1n) is 11.0. The van der Waals surface area contributed by atoms with Crippen LogP contribution in [0.2, 0.25) is 5.02 Å². The summed E-state index contributed by atoms with van der Waals surface area (Å²) >= 11 is 7.61. The fourth-order valence-corrected chi connectivity index (χ4v) is 4.07. The molecule has 1 heterocycles. The summed E-state index contributed by atoms with van der Waals surface area (Å²) in [5, 5.41) is 9.80. The van der Waals surface area contributed by atoms with Crippen molar-refractivity contribution in [3.05, 3.63) is 135 Å². The molecule has 5 nitrogen and oxygen atoms in total. The Labute approximate surface area is 217 Å². The van der Waals surface area contributed by atoms with E-state index in [1.165, 1.54) is 17.4 Å². The maximum absolute atomic E-state index is 13.0. The fourth-order valence-electron chi connectivity index (χ4n) is 3.25. The second-order valence-electron chi connectivity index (χ2n) is 7.69. The second kappa shape index (κ2) is 11.9. The third kappa shape index (κ3) is 6.66. The highest BCUT2D eigenvalue weighted by atomic mass is 35.5. The number of hydrogen-bond acceptors (Lipinski definition) is 4. The molecule has 0 aliphatic rings. The number of benzene rings is 3. The number of allylic oxidation sites excluding steroid dienone is 1. The van der Waals surface area contributed by atoms with Crippen LogP contribution in [0.4, 0.5) is 5.69 Å². The van der Waals surface area contributed by atoms with E-state index in [-0.39, 0.29) is 11.5 Å². The zero-order valence-electron chi connectivity index (χ0n) is 19.0. The molecule has 0 bridgehead atoms. The van der Waals surface area contributed by atoms with Crippen LogP contribution in [0.1, 0.15) is 31.8 Å². The predicted octanol–water partition coefficient (Wildman–Crippen LogP) is 6.71. The molecule has 7 heteroatoms. The van der Waals surface area contributed by atoms with Gasteiger partial charge in [-0.05, 0) is 88.6 Å². The Morgan fingerprint density at radius 3 is 2.22 bits per heavy atom. The van der Waals surface area contributed by atoms with E-state index in [1.54, 1.807) is 66.7 Å². The summed E-state index contributed by atoms with van der Waals surface area (Å²) in [6.45, 7) is 0. The summed E-state index contributed by atoms with van der Waals surface area (Å²) in [5.41, 5.74) is 3.03.